The Balaban J connectivity index is 2.26. The highest BCUT2D eigenvalue weighted by Gasteiger charge is 2.12. The van der Waals surface area contributed by atoms with Gasteiger partial charge in [-0.15, -0.1) is 0 Å². The molecule has 4 heteroatoms. The van der Waals surface area contributed by atoms with Crippen molar-refractivity contribution in [2.24, 2.45) is 0 Å². The van der Waals surface area contributed by atoms with Crippen LogP contribution in [0.5, 0.6) is 5.75 Å². The minimum absolute atomic E-state index is 0.621. The van der Waals surface area contributed by atoms with Crippen molar-refractivity contribution >= 4 is 38.5 Å². The van der Waals surface area contributed by atoms with Crippen molar-refractivity contribution in [3.8, 4) is 5.75 Å². The van der Waals surface area contributed by atoms with Crippen molar-refractivity contribution < 1.29 is 9.84 Å². The first kappa shape index (κ1) is 14.8. The van der Waals surface area contributed by atoms with Crippen molar-refractivity contribution in [3.63, 3.8) is 0 Å². The molecule has 0 heterocycles. The van der Waals surface area contributed by atoms with Gasteiger partial charge < -0.3 is 9.84 Å². The van der Waals surface area contributed by atoms with Gasteiger partial charge in [0.05, 0.1) is 11.1 Å². The molecule has 2 nitrogen and oxygen atoms in total. The molecular weight excluding hydrogens is 419 g/mol. The quantitative estimate of drug-likeness (QED) is 0.719. The maximum Gasteiger partial charge on any atom is 0.133 e. The molecule has 0 radical (unpaired) electrons. The molecule has 0 saturated heterocycles. The van der Waals surface area contributed by atoms with E-state index in [4.69, 9.17) is 4.74 Å². The van der Waals surface area contributed by atoms with Crippen LogP contribution in [0.2, 0.25) is 0 Å². The molecule has 100 valence electrons. The van der Waals surface area contributed by atoms with E-state index >= 15 is 0 Å². The first-order valence-electron chi connectivity index (χ1n) is 5.97. The molecule has 0 aromatic heterocycles. The molecule has 19 heavy (non-hydrogen) atoms. The predicted molar refractivity (Wildman–Crippen MR) is 88.5 cm³/mol. The maximum absolute atomic E-state index is 10.4. The minimum atomic E-state index is -0.621. The zero-order chi connectivity index (χ0) is 13.8. The number of aliphatic hydroxyl groups excluding tert-OH is 1. The fraction of sp³-hybridized carbons (Fsp3) is 0.200. The van der Waals surface area contributed by atoms with Gasteiger partial charge in [-0.1, -0.05) is 18.2 Å². The highest BCUT2D eigenvalue weighted by atomic mass is 127. The van der Waals surface area contributed by atoms with Crippen LogP contribution in [0.4, 0.5) is 0 Å². The Morgan fingerprint density at radius 3 is 2.37 bits per heavy atom. The molecule has 0 aliphatic carbocycles. The predicted octanol–water partition coefficient (Wildman–Crippen LogP) is 4.53. The first-order chi connectivity index (χ1) is 9.11. The summed E-state index contributed by atoms with van der Waals surface area (Å²) < 4.78 is 7.48. The summed E-state index contributed by atoms with van der Waals surface area (Å²) in [5.74, 6) is 0.793. The van der Waals surface area contributed by atoms with Crippen LogP contribution in [0.1, 0.15) is 24.2 Å². The van der Waals surface area contributed by atoms with Crippen LogP contribution in [-0.4, -0.2) is 11.7 Å². The lowest BCUT2D eigenvalue weighted by Crippen LogP contribution is -2.00. The summed E-state index contributed by atoms with van der Waals surface area (Å²) in [5, 5.41) is 10.4. The molecule has 0 fully saturated rings. The van der Waals surface area contributed by atoms with Gasteiger partial charge >= 0.3 is 0 Å². The molecule has 0 bridgehead atoms. The first-order valence-corrected chi connectivity index (χ1v) is 7.84. The fourth-order valence-electron chi connectivity index (χ4n) is 1.80. The molecule has 0 aliphatic rings. The smallest absolute Gasteiger partial charge is 0.133 e. The summed E-state index contributed by atoms with van der Waals surface area (Å²) in [6.07, 6.45) is -0.621. The monoisotopic (exact) mass is 432 g/mol. The van der Waals surface area contributed by atoms with E-state index in [9.17, 15) is 5.11 Å². The van der Waals surface area contributed by atoms with Gasteiger partial charge in [0, 0.05) is 3.57 Å². The SMILES string of the molecule is CCOc1ccc(C(O)c2ccc(I)cc2)cc1Br. The topological polar surface area (TPSA) is 29.5 Å². The Labute approximate surface area is 135 Å². The number of rotatable bonds is 4. The molecule has 0 aliphatic heterocycles. The highest BCUT2D eigenvalue weighted by molar-refractivity contribution is 14.1. The van der Waals surface area contributed by atoms with E-state index in [0.717, 1.165) is 24.9 Å². The molecular formula is C15H14BrIO2. The lowest BCUT2D eigenvalue weighted by molar-refractivity contribution is 0.220. The standard InChI is InChI=1S/C15H14BrIO2/c1-2-19-14-8-5-11(9-13(14)16)15(18)10-3-6-12(17)7-4-10/h3-9,15,18H,2H2,1H3. The summed E-state index contributed by atoms with van der Waals surface area (Å²) in [7, 11) is 0. The lowest BCUT2D eigenvalue weighted by Gasteiger charge is -2.14. The van der Waals surface area contributed by atoms with E-state index in [2.05, 4.69) is 38.5 Å². The van der Waals surface area contributed by atoms with E-state index in [-0.39, 0.29) is 0 Å². The number of hydrogen-bond acceptors (Lipinski definition) is 2. The van der Waals surface area contributed by atoms with Crippen molar-refractivity contribution in [2.75, 3.05) is 6.61 Å². The van der Waals surface area contributed by atoms with Crippen LogP contribution >= 0.6 is 38.5 Å². The Morgan fingerprint density at radius 1 is 1.16 bits per heavy atom. The number of aliphatic hydroxyl groups is 1. The largest absolute Gasteiger partial charge is 0.493 e. The normalized spacial score (nSPS) is 12.2. The molecule has 2 rings (SSSR count). The van der Waals surface area contributed by atoms with E-state index in [0.29, 0.717) is 6.61 Å². The van der Waals surface area contributed by atoms with Gasteiger partial charge in [-0.25, -0.2) is 0 Å². The minimum Gasteiger partial charge on any atom is -0.493 e. The Kier molecular flexibility index (Phi) is 5.24. The van der Waals surface area contributed by atoms with E-state index in [1.165, 1.54) is 0 Å². The van der Waals surface area contributed by atoms with Crippen LogP contribution in [0.15, 0.2) is 46.9 Å². The van der Waals surface area contributed by atoms with Gasteiger partial charge in [-0.3, -0.25) is 0 Å². The summed E-state index contributed by atoms with van der Waals surface area (Å²) in [6, 6.07) is 13.5. The number of halogens is 2. The van der Waals surface area contributed by atoms with Crippen molar-refractivity contribution in [1.82, 2.24) is 0 Å². The number of ether oxygens (including phenoxy) is 1. The Bertz CT molecular complexity index is 555. The second-order valence-electron chi connectivity index (χ2n) is 4.08. The van der Waals surface area contributed by atoms with Gasteiger partial charge in [-0.05, 0) is 80.8 Å². The third kappa shape index (κ3) is 3.70. The van der Waals surface area contributed by atoms with Crippen LogP contribution < -0.4 is 4.74 Å². The molecule has 0 amide bonds. The Morgan fingerprint density at radius 2 is 1.79 bits per heavy atom. The lowest BCUT2D eigenvalue weighted by atomic mass is 10.0. The summed E-state index contributed by atoms with van der Waals surface area (Å²) in [4.78, 5) is 0. The number of benzene rings is 2. The van der Waals surface area contributed by atoms with Gasteiger partial charge in [0.2, 0.25) is 0 Å². The zero-order valence-corrected chi connectivity index (χ0v) is 14.2. The molecule has 1 N–H and O–H groups in total. The second kappa shape index (κ2) is 6.72. The van der Waals surface area contributed by atoms with Crippen molar-refractivity contribution in [2.45, 2.75) is 13.0 Å². The molecule has 1 unspecified atom stereocenters. The van der Waals surface area contributed by atoms with Crippen molar-refractivity contribution in [3.05, 3.63) is 61.6 Å². The fourth-order valence-corrected chi connectivity index (χ4v) is 2.67. The summed E-state index contributed by atoms with van der Waals surface area (Å²) in [6.45, 7) is 2.57. The molecule has 2 aromatic rings. The van der Waals surface area contributed by atoms with Gasteiger partial charge in [-0.2, -0.15) is 0 Å². The summed E-state index contributed by atoms with van der Waals surface area (Å²) in [5.41, 5.74) is 1.73. The molecule has 2 aromatic carbocycles. The number of hydrogen-bond donors (Lipinski definition) is 1. The van der Waals surface area contributed by atoms with Gasteiger partial charge in [0.15, 0.2) is 0 Å². The zero-order valence-electron chi connectivity index (χ0n) is 10.4. The molecule has 0 spiro atoms. The van der Waals surface area contributed by atoms with Crippen LogP contribution in [0, 0.1) is 3.57 Å². The highest BCUT2D eigenvalue weighted by Crippen LogP contribution is 2.30. The van der Waals surface area contributed by atoms with Crippen LogP contribution in [0.25, 0.3) is 0 Å². The Hall–Kier alpha value is -0.590. The van der Waals surface area contributed by atoms with Gasteiger partial charge in [0.1, 0.15) is 11.9 Å². The third-order valence-corrected chi connectivity index (χ3v) is 4.10. The second-order valence-corrected chi connectivity index (χ2v) is 6.18. The van der Waals surface area contributed by atoms with Crippen molar-refractivity contribution in [1.29, 1.82) is 0 Å². The van der Waals surface area contributed by atoms with E-state index in [1.807, 2.05) is 49.4 Å². The van der Waals surface area contributed by atoms with Gasteiger partial charge in [0.25, 0.3) is 0 Å². The summed E-state index contributed by atoms with van der Waals surface area (Å²) >= 11 is 5.71. The average molecular weight is 433 g/mol. The molecule has 1 atom stereocenters. The molecule has 0 saturated carbocycles. The van der Waals surface area contributed by atoms with E-state index in [1.54, 1.807) is 0 Å². The van der Waals surface area contributed by atoms with Crippen LogP contribution in [0.3, 0.4) is 0 Å². The van der Waals surface area contributed by atoms with Crippen LogP contribution in [-0.2, 0) is 0 Å². The third-order valence-electron chi connectivity index (χ3n) is 2.76. The van der Waals surface area contributed by atoms with E-state index < -0.39 is 6.10 Å². The average Bonchev–Trinajstić information content (AvgIpc) is 2.41. The maximum atomic E-state index is 10.4.